The summed E-state index contributed by atoms with van der Waals surface area (Å²) in [4.78, 5) is 0. The zero-order valence-corrected chi connectivity index (χ0v) is 10.8. The van der Waals surface area contributed by atoms with Gasteiger partial charge >= 0.3 is 0 Å². The maximum absolute atomic E-state index is 9.81. The van der Waals surface area contributed by atoms with Crippen molar-refractivity contribution in [2.45, 2.75) is 20.0 Å². The molecule has 1 atom stereocenters. The van der Waals surface area contributed by atoms with Crippen LogP contribution in [0, 0.1) is 13.8 Å². The van der Waals surface area contributed by atoms with Crippen LogP contribution in [0.4, 0.5) is 0 Å². The predicted molar refractivity (Wildman–Crippen MR) is 64.2 cm³/mol. The highest BCUT2D eigenvalue weighted by atomic mass is 79.9. The van der Waals surface area contributed by atoms with Crippen molar-refractivity contribution in [3.8, 4) is 5.75 Å². The SMILES string of the molecule is COc1c(Br)c(C)cc(C)c1C(O)CN. The number of benzene rings is 1. The molecular weight excluding hydrogens is 258 g/mol. The molecule has 0 saturated heterocycles. The Kier molecular flexibility index (Phi) is 4.13. The molecule has 1 unspecified atom stereocenters. The minimum absolute atomic E-state index is 0.187. The lowest BCUT2D eigenvalue weighted by atomic mass is 9.99. The molecule has 0 aliphatic heterocycles. The second kappa shape index (κ2) is 4.96. The number of hydrogen-bond acceptors (Lipinski definition) is 3. The summed E-state index contributed by atoms with van der Waals surface area (Å²) in [5, 5.41) is 9.81. The number of ether oxygens (including phenoxy) is 1. The van der Waals surface area contributed by atoms with E-state index in [1.165, 1.54) is 0 Å². The maximum atomic E-state index is 9.81. The van der Waals surface area contributed by atoms with Crippen molar-refractivity contribution in [3.63, 3.8) is 0 Å². The molecule has 0 aromatic heterocycles. The van der Waals surface area contributed by atoms with Gasteiger partial charge in [-0.1, -0.05) is 6.07 Å². The van der Waals surface area contributed by atoms with Gasteiger partial charge in [0, 0.05) is 12.1 Å². The molecule has 0 fully saturated rings. The molecule has 3 nitrogen and oxygen atoms in total. The van der Waals surface area contributed by atoms with E-state index in [1.54, 1.807) is 7.11 Å². The molecule has 1 aromatic carbocycles. The van der Waals surface area contributed by atoms with Crippen LogP contribution in [0.2, 0.25) is 0 Å². The van der Waals surface area contributed by atoms with Gasteiger partial charge in [-0.3, -0.25) is 0 Å². The van der Waals surface area contributed by atoms with Crippen molar-refractivity contribution in [1.82, 2.24) is 0 Å². The van der Waals surface area contributed by atoms with E-state index >= 15 is 0 Å². The van der Waals surface area contributed by atoms with Crippen LogP contribution in [0.15, 0.2) is 10.5 Å². The lowest BCUT2D eigenvalue weighted by molar-refractivity contribution is 0.181. The number of rotatable bonds is 3. The first-order valence-electron chi connectivity index (χ1n) is 4.74. The molecule has 0 heterocycles. The van der Waals surface area contributed by atoms with Crippen LogP contribution in [0.1, 0.15) is 22.8 Å². The van der Waals surface area contributed by atoms with E-state index in [4.69, 9.17) is 10.5 Å². The lowest BCUT2D eigenvalue weighted by Crippen LogP contribution is -2.14. The largest absolute Gasteiger partial charge is 0.495 e. The van der Waals surface area contributed by atoms with E-state index in [9.17, 15) is 5.11 Å². The zero-order valence-electron chi connectivity index (χ0n) is 9.17. The van der Waals surface area contributed by atoms with E-state index < -0.39 is 6.10 Å². The van der Waals surface area contributed by atoms with E-state index in [2.05, 4.69) is 15.9 Å². The number of aliphatic hydroxyl groups is 1. The molecule has 84 valence electrons. The van der Waals surface area contributed by atoms with Gasteiger partial charge in [0.05, 0.1) is 17.7 Å². The Morgan fingerprint density at radius 2 is 2.07 bits per heavy atom. The minimum atomic E-state index is -0.683. The smallest absolute Gasteiger partial charge is 0.139 e. The first-order chi connectivity index (χ1) is 7.02. The Bertz CT molecular complexity index is 366. The number of nitrogens with two attached hydrogens (primary N) is 1. The predicted octanol–water partition coefficient (Wildman–Crippen LogP) is 2.07. The monoisotopic (exact) mass is 273 g/mol. The van der Waals surface area contributed by atoms with Crippen LogP contribution >= 0.6 is 15.9 Å². The second-order valence-electron chi connectivity index (χ2n) is 3.52. The van der Waals surface area contributed by atoms with Gasteiger partial charge in [-0.05, 0) is 40.9 Å². The van der Waals surface area contributed by atoms with Gasteiger partial charge in [-0.15, -0.1) is 0 Å². The lowest BCUT2D eigenvalue weighted by Gasteiger charge is -2.18. The molecule has 3 N–H and O–H groups in total. The average molecular weight is 274 g/mol. The fraction of sp³-hybridized carbons (Fsp3) is 0.455. The first-order valence-corrected chi connectivity index (χ1v) is 5.54. The Labute approximate surface area is 98.4 Å². The van der Waals surface area contributed by atoms with Crippen molar-refractivity contribution in [3.05, 3.63) is 27.2 Å². The summed E-state index contributed by atoms with van der Waals surface area (Å²) in [7, 11) is 1.59. The summed E-state index contributed by atoms with van der Waals surface area (Å²) >= 11 is 3.45. The van der Waals surface area contributed by atoms with Crippen LogP contribution < -0.4 is 10.5 Å². The Balaban J connectivity index is 3.41. The van der Waals surface area contributed by atoms with Gasteiger partial charge in [0.1, 0.15) is 5.75 Å². The molecule has 0 bridgehead atoms. The Morgan fingerprint density at radius 3 is 2.53 bits per heavy atom. The second-order valence-corrected chi connectivity index (χ2v) is 4.32. The number of aliphatic hydroxyl groups excluding tert-OH is 1. The van der Waals surface area contributed by atoms with Crippen LogP contribution in [-0.4, -0.2) is 18.8 Å². The average Bonchev–Trinajstić information content (AvgIpc) is 2.21. The van der Waals surface area contributed by atoms with E-state index in [0.29, 0.717) is 5.75 Å². The zero-order chi connectivity index (χ0) is 11.6. The Hall–Kier alpha value is -0.580. The van der Waals surface area contributed by atoms with E-state index in [1.807, 2.05) is 19.9 Å². The van der Waals surface area contributed by atoms with Crippen LogP contribution in [0.5, 0.6) is 5.75 Å². The summed E-state index contributed by atoms with van der Waals surface area (Å²) in [6.45, 7) is 4.11. The summed E-state index contributed by atoms with van der Waals surface area (Å²) in [6, 6.07) is 2.00. The molecule has 0 spiro atoms. The standard InChI is InChI=1S/C11H16BrNO2/c1-6-4-7(2)10(12)11(15-3)9(6)8(14)5-13/h4,8,14H,5,13H2,1-3H3. The van der Waals surface area contributed by atoms with Gasteiger partial charge in [-0.2, -0.15) is 0 Å². The number of hydrogen-bond donors (Lipinski definition) is 2. The number of halogens is 1. The summed E-state index contributed by atoms with van der Waals surface area (Å²) in [6.07, 6.45) is -0.683. The molecular formula is C11H16BrNO2. The highest BCUT2D eigenvalue weighted by molar-refractivity contribution is 9.10. The van der Waals surface area contributed by atoms with Crippen molar-refractivity contribution < 1.29 is 9.84 Å². The molecule has 15 heavy (non-hydrogen) atoms. The number of methoxy groups -OCH3 is 1. The summed E-state index contributed by atoms with van der Waals surface area (Å²) in [5.74, 6) is 0.672. The van der Waals surface area contributed by atoms with Gasteiger partial charge in [0.15, 0.2) is 0 Å². The molecule has 0 radical (unpaired) electrons. The molecule has 1 rings (SSSR count). The quantitative estimate of drug-likeness (QED) is 0.887. The van der Waals surface area contributed by atoms with Crippen molar-refractivity contribution in [1.29, 1.82) is 0 Å². The van der Waals surface area contributed by atoms with Crippen molar-refractivity contribution in [2.24, 2.45) is 5.73 Å². The minimum Gasteiger partial charge on any atom is -0.495 e. The Morgan fingerprint density at radius 1 is 1.47 bits per heavy atom. The molecule has 1 aromatic rings. The molecule has 0 saturated carbocycles. The highest BCUT2D eigenvalue weighted by Gasteiger charge is 2.18. The topological polar surface area (TPSA) is 55.5 Å². The highest BCUT2D eigenvalue weighted by Crippen LogP contribution is 2.37. The maximum Gasteiger partial charge on any atom is 0.139 e. The molecule has 0 aliphatic carbocycles. The van der Waals surface area contributed by atoms with Crippen LogP contribution in [-0.2, 0) is 0 Å². The molecule has 4 heteroatoms. The summed E-state index contributed by atoms with van der Waals surface area (Å²) in [5.41, 5.74) is 8.30. The van der Waals surface area contributed by atoms with Gasteiger partial charge < -0.3 is 15.6 Å². The molecule has 0 amide bonds. The van der Waals surface area contributed by atoms with Gasteiger partial charge in [-0.25, -0.2) is 0 Å². The number of aryl methyl sites for hydroxylation is 2. The third-order valence-corrected chi connectivity index (χ3v) is 3.39. The van der Waals surface area contributed by atoms with Crippen molar-refractivity contribution >= 4 is 15.9 Å². The fourth-order valence-electron chi connectivity index (χ4n) is 1.67. The fourth-order valence-corrected chi connectivity index (χ4v) is 2.16. The third kappa shape index (κ3) is 2.33. The third-order valence-electron chi connectivity index (χ3n) is 2.41. The normalized spacial score (nSPS) is 12.7. The summed E-state index contributed by atoms with van der Waals surface area (Å²) < 4.78 is 6.17. The van der Waals surface area contributed by atoms with Crippen LogP contribution in [0.3, 0.4) is 0 Å². The van der Waals surface area contributed by atoms with Crippen molar-refractivity contribution in [2.75, 3.05) is 13.7 Å². The molecule has 0 aliphatic rings. The first kappa shape index (κ1) is 12.5. The van der Waals surface area contributed by atoms with Gasteiger partial charge in [0.2, 0.25) is 0 Å². The van der Waals surface area contributed by atoms with Crippen LogP contribution in [0.25, 0.3) is 0 Å². The van der Waals surface area contributed by atoms with E-state index in [0.717, 1.165) is 21.2 Å². The van der Waals surface area contributed by atoms with Gasteiger partial charge in [0.25, 0.3) is 0 Å². The van der Waals surface area contributed by atoms with E-state index in [-0.39, 0.29) is 6.54 Å².